The number of hydrogen-bond donors (Lipinski definition) is 2. The van der Waals surface area contributed by atoms with Crippen LogP contribution in [0, 0.1) is 0 Å². The molecule has 0 saturated carbocycles. The summed E-state index contributed by atoms with van der Waals surface area (Å²) in [4.78, 5) is 12.7. The minimum Gasteiger partial charge on any atom is -0.396 e. The molecule has 0 bridgehead atoms. The SMILES string of the molecule is OCCCNc1ncnc2c1cnn2-c1ccccn1. The van der Waals surface area contributed by atoms with Gasteiger partial charge in [-0.2, -0.15) is 9.78 Å². The fourth-order valence-electron chi connectivity index (χ4n) is 1.92. The highest BCUT2D eigenvalue weighted by atomic mass is 16.3. The first-order valence-corrected chi connectivity index (χ1v) is 6.35. The average Bonchev–Trinajstić information content (AvgIpc) is 2.93. The van der Waals surface area contributed by atoms with Crippen LogP contribution in [0.5, 0.6) is 0 Å². The van der Waals surface area contributed by atoms with Gasteiger partial charge in [0.2, 0.25) is 0 Å². The maximum atomic E-state index is 8.81. The van der Waals surface area contributed by atoms with Crippen LogP contribution in [-0.4, -0.2) is 43.0 Å². The Kier molecular flexibility index (Phi) is 3.51. The van der Waals surface area contributed by atoms with Crippen molar-refractivity contribution in [2.75, 3.05) is 18.5 Å². The monoisotopic (exact) mass is 270 g/mol. The van der Waals surface area contributed by atoms with E-state index in [1.807, 2.05) is 18.2 Å². The van der Waals surface area contributed by atoms with E-state index in [0.717, 1.165) is 5.39 Å². The molecule has 0 aliphatic carbocycles. The summed E-state index contributed by atoms with van der Waals surface area (Å²) in [5.74, 6) is 1.42. The molecule has 2 N–H and O–H groups in total. The zero-order valence-electron chi connectivity index (χ0n) is 10.8. The predicted octanol–water partition coefficient (Wildman–Crippen LogP) is 1.00. The fourth-order valence-corrected chi connectivity index (χ4v) is 1.92. The number of hydrogen-bond acceptors (Lipinski definition) is 6. The summed E-state index contributed by atoms with van der Waals surface area (Å²) >= 11 is 0. The van der Waals surface area contributed by atoms with Crippen molar-refractivity contribution in [3.05, 3.63) is 36.9 Å². The smallest absolute Gasteiger partial charge is 0.170 e. The number of aliphatic hydroxyl groups excluding tert-OH is 1. The van der Waals surface area contributed by atoms with Crippen LogP contribution in [0.15, 0.2) is 36.9 Å². The van der Waals surface area contributed by atoms with Crippen molar-refractivity contribution in [2.45, 2.75) is 6.42 Å². The van der Waals surface area contributed by atoms with Crippen LogP contribution in [0.1, 0.15) is 6.42 Å². The van der Waals surface area contributed by atoms with Crippen LogP contribution in [0.2, 0.25) is 0 Å². The van der Waals surface area contributed by atoms with Gasteiger partial charge in [-0.3, -0.25) is 0 Å². The number of rotatable bonds is 5. The number of aromatic nitrogens is 5. The standard InChI is InChI=1S/C13H14N6O/c20-7-3-6-15-12-10-8-18-19(13(10)17-9-16-12)11-4-1-2-5-14-11/h1-2,4-5,8-9,20H,3,6-7H2,(H,15,16,17). The topological polar surface area (TPSA) is 88.8 Å². The molecule has 102 valence electrons. The van der Waals surface area contributed by atoms with Crippen molar-refractivity contribution in [1.82, 2.24) is 24.7 Å². The van der Waals surface area contributed by atoms with Gasteiger partial charge in [0.15, 0.2) is 11.5 Å². The average molecular weight is 270 g/mol. The van der Waals surface area contributed by atoms with Crippen LogP contribution in [0.3, 0.4) is 0 Å². The number of nitrogens with zero attached hydrogens (tertiary/aromatic N) is 5. The summed E-state index contributed by atoms with van der Waals surface area (Å²) in [6.07, 6.45) is 5.58. The van der Waals surface area contributed by atoms with Gasteiger partial charge in [-0.1, -0.05) is 6.07 Å². The van der Waals surface area contributed by atoms with Crippen LogP contribution >= 0.6 is 0 Å². The third-order valence-corrected chi connectivity index (χ3v) is 2.86. The first-order chi connectivity index (χ1) is 9.90. The molecule has 0 unspecified atom stereocenters. The zero-order chi connectivity index (χ0) is 13.8. The fraction of sp³-hybridized carbons (Fsp3) is 0.231. The predicted molar refractivity (Wildman–Crippen MR) is 74.6 cm³/mol. The van der Waals surface area contributed by atoms with E-state index in [4.69, 9.17) is 5.11 Å². The van der Waals surface area contributed by atoms with Gasteiger partial charge in [0, 0.05) is 19.3 Å². The number of nitrogens with one attached hydrogen (secondary N) is 1. The van der Waals surface area contributed by atoms with Crippen molar-refractivity contribution in [1.29, 1.82) is 0 Å². The number of aliphatic hydroxyl groups is 1. The maximum absolute atomic E-state index is 8.81. The molecule has 3 heterocycles. The second-order valence-electron chi connectivity index (χ2n) is 4.21. The summed E-state index contributed by atoms with van der Waals surface area (Å²) in [6.45, 7) is 0.797. The molecule has 20 heavy (non-hydrogen) atoms. The van der Waals surface area contributed by atoms with E-state index in [1.54, 1.807) is 17.1 Å². The second kappa shape index (κ2) is 5.62. The molecule has 0 saturated heterocycles. The highest BCUT2D eigenvalue weighted by molar-refractivity contribution is 5.86. The van der Waals surface area contributed by atoms with E-state index in [1.165, 1.54) is 6.33 Å². The Labute approximate surface area is 115 Å². The van der Waals surface area contributed by atoms with Crippen LogP contribution < -0.4 is 5.32 Å². The molecular weight excluding hydrogens is 256 g/mol. The highest BCUT2D eigenvalue weighted by Crippen LogP contribution is 2.20. The van der Waals surface area contributed by atoms with Crippen molar-refractivity contribution in [3.63, 3.8) is 0 Å². The number of pyridine rings is 1. The lowest BCUT2D eigenvalue weighted by Gasteiger charge is -2.05. The van der Waals surface area contributed by atoms with E-state index in [0.29, 0.717) is 30.2 Å². The van der Waals surface area contributed by atoms with Gasteiger partial charge in [0.1, 0.15) is 12.1 Å². The summed E-state index contributed by atoms with van der Waals surface area (Å²) in [7, 11) is 0. The Morgan fingerprint density at radius 1 is 1.20 bits per heavy atom. The van der Waals surface area contributed by atoms with E-state index in [-0.39, 0.29) is 6.61 Å². The normalized spacial score (nSPS) is 10.8. The molecule has 0 aromatic carbocycles. The van der Waals surface area contributed by atoms with Crippen LogP contribution in [0.4, 0.5) is 5.82 Å². The minimum absolute atomic E-state index is 0.147. The molecule has 3 aromatic rings. The molecule has 7 nitrogen and oxygen atoms in total. The molecular formula is C13H14N6O. The summed E-state index contributed by atoms with van der Waals surface area (Å²) in [5.41, 5.74) is 0.699. The molecule has 0 aliphatic heterocycles. The molecule has 0 amide bonds. The second-order valence-corrected chi connectivity index (χ2v) is 4.21. The third-order valence-electron chi connectivity index (χ3n) is 2.86. The Morgan fingerprint density at radius 3 is 2.95 bits per heavy atom. The number of anilines is 1. The lowest BCUT2D eigenvalue weighted by molar-refractivity contribution is 0.292. The molecule has 0 radical (unpaired) electrons. The maximum Gasteiger partial charge on any atom is 0.170 e. The Morgan fingerprint density at radius 2 is 2.15 bits per heavy atom. The molecule has 0 fully saturated rings. The largest absolute Gasteiger partial charge is 0.396 e. The molecule has 3 rings (SSSR count). The van der Waals surface area contributed by atoms with Gasteiger partial charge >= 0.3 is 0 Å². The van der Waals surface area contributed by atoms with Gasteiger partial charge < -0.3 is 10.4 Å². The van der Waals surface area contributed by atoms with Crippen molar-refractivity contribution in [2.24, 2.45) is 0 Å². The Balaban J connectivity index is 1.99. The van der Waals surface area contributed by atoms with E-state index < -0.39 is 0 Å². The van der Waals surface area contributed by atoms with E-state index in [9.17, 15) is 0 Å². The van der Waals surface area contributed by atoms with Crippen molar-refractivity contribution in [3.8, 4) is 5.82 Å². The van der Waals surface area contributed by atoms with Gasteiger partial charge in [-0.15, -0.1) is 0 Å². The third kappa shape index (κ3) is 2.30. The lowest BCUT2D eigenvalue weighted by atomic mass is 10.3. The lowest BCUT2D eigenvalue weighted by Crippen LogP contribution is -2.06. The quantitative estimate of drug-likeness (QED) is 0.672. The molecule has 0 atom stereocenters. The highest BCUT2D eigenvalue weighted by Gasteiger charge is 2.10. The van der Waals surface area contributed by atoms with Crippen LogP contribution in [-0.2, 0) is 0 Å². The molecule has 3 aromatic heterocycles. The summed E-state index contributed by atoms with van der Waals surface area (Å²) in [6, 6.07) is 5.62. The molecule has 0 spiro atoms. The number of fused-ring (bicyclic) bond motifs is 1. The van der Waals surface area contributed by atoms with E-state index >= 15 is 0 Å². The van der Waals surface area contributed by atoms with Crippen molar-refractivity contribution >= 4 is 16.9 Å². The molecule has 0 aliphatic rings. The van der Waals surface area contributed by atoms with Crippen molar-refractivity contribution < 1.29 is 5.11 Å². The van der Waals surface area contributed by atoms with Gasteiger partial charge in [-0.05, 0) is 18.6 Å². The Hall–Kier alpha value is -2.54. The zero-order valence-corrected chi connectivity index (χ0v) is 10.8. The van der Waals surface area contributed by atoms with E-state index in [2.05, 4.69) is 25.4 Å². The first kappa shape index (κ1) is 12.5. The van der Waals surface area contributed by atoms with Gasteiger partial charge in [-0.25, -0.2) is 15.0 Å². The van der Waals surface area contributed by atoms with Gasteiger partial charge in [0.05, 0.1) is 11.6 Å². The first-order valence-electron chi connectivity index (χ1n) is 6.35. The van der Waals surface area contributed by atoms with Gasteiger partial charge in [0.25, 0.3) is 0 Å². The summed E-state index contributed by atoms with van der Waals surface area (Å²) in [5, 5.41) is 17.1. The Bertz CT molecular complexity index is 696. The summed E-state index contributed by atoms with van der Waals surface area (Å²) < 4.78 is 1.67. The molecule has 7 heteroatoms. The van der Waals surface area contributed by atoms with Crippen LogP contribution in [0.25, 0.3) is 16.9 Å². The minimum atomic E-state index is 0.147.